The zero-order chi connectivity index (χ0) is 42.8. The Hall–Kier alpha value is -6.67. The van der Waals surface area contributed by atoms with Gasteiger partial charge in [-0.1, -0.05) is 12.1 Å². The molecule has 0 heterocycles. The summed E-state index contributed by atoms with van der Waals surface area (Å²) in [5, 5.41) is 29.4. The normalized spacial score (nSPS) is 12.9. The van der Waals surface area contributed by atoms with Crippen molar-refractivity contribution >= 4 is 35.5 Å². The molecule has 5 N–H and O–H groups in total. The maximum Gasteiger partial charge on any atom is 0.471 e. The second kappa shape index (κ2) is 18.8. The molecule has 0 aromatic heterocycles. The van der Waals surface area contributed by atoms with Gasteiger partial charge in [-0.2, -0.15) is 17.6 Å². The fourth-order valence-corrected chi connectivity index (χ4v) is 5.08. The summed E-state index contributed by atoms with van der Waals surface area (Å²) < 4.78 is 76.0. The van der Waals surface area contributed by atoms with Crippen LogP contribution in [0, 0.1) is 15.9 Å². The van der Waals surface area contributed by atoms with E-state index in [-0.39, 0.29) is 39.7 Å². The number of likely N-dealkylation sites (N-methyl/N-ethyl adjacent to an activating group) is 1. The van der Waals surface area contributed by atoms with Crippen LogP contribution in [0.15, 0.2) is 54.6 Å². The number of ether oxygens (including phenoxy) is 4. The van der Waals surface area contributed by atoms with Crippen molar-refractivity contribution in [1.29, 1.82) is 0 Å². The average Bonchev–Trinajstić information content (AvgIpc) is 3.12. The van der Waals surface area contributed by atoms with E-state index in [1.54, 1.807) is 26.1 Å². The lowest BCUT2D eigenvalue weighted by molar-refractivity contribution is -0.387. The molecule has 0 saturated carbocycles. The van der Waals surface area contributed by atoms with Gasteiger partial charge in [-0.3, -0.25) is 24.5 Å². The molecular formula is C36H39F4N5O12. The number of rotatable bonds is 16. The number of hydrogen-bond donors (Lipinski definition) is 5. The van der Waals surface area contributed by atoms with Crippen LogP contribution in [0.1, 0.15) is 43.5 Å². The van der Waals surface area contributed by atoms with Gasteiger partial charge >= 0.3 is 29.8 Å². The van der Waals surface area contributed by atoms with Gasteiger partial charge in [0.1, 0.15) is 35.2 Å². The number of nitro benzene ring substituents is 1. The fourth-order valence-electron chi connectivity index (χ4n) is 5.08. The highest BCUT2D eigenvalue weighted by molar-refractivity contribution is 5.92. The molecule has 17 nitrogen and oxygen atoms in total. The van der Waals surface area contributed by atoms with Crippen LogP contribution in [-0.4, -0.2) is 84.9 Å². The minimum atomic E-state index is -5.46. The van der Waals surface area contributed by atoms with Crippen molar-refractivity contribution in [1.82, 2.24) is 21.3 Å². The molecule has 0 bridgehead atoms. The van der Waals surface area contributed by atoms with Gasteiger partial charge in [0, 0.05) is 32.0 Å². The Morgan fingerprint density at radius 3 is 1.98 bits per heavy atom. The molecule has 4 amide bonds. The number of nitro groups is 1. The fraction of sp³-hybridized carbons (Fsp3) is 0.361. The van der Waals surface area contributed by atoms with Crippen LogP contribution in [0.25, 0.3) is 0 Å². The summed E-state index contributed by atoms with van der Waals surface area (Å²) in [6.45, 7) is 4.87. The molecule has 0 saturated heterocycles. The summed E-state index contributed by atoms with van der Waals surface area (Å²) in [6.07, 6.45) is -7.70. The second-order valence-corrected chi connectivity index (χ2v) is 13.1. The van der Waals surface area contributed by atoms with Crippen molar-refractivity contribution in [3.8, 4) is 23.0 Å². The number of aliphatic carboxylic acids is 1. The molecule has 0 spiro atoms. The van der Waals surface area contributed by atoms with Gasteiger partial charge in [0.15, 0.2) is 11.5 Å². The third kappa shape index (κ3) is 13.0. The first kappa shape index (κ1) is 44.7. The summed E-state index contributed by atoms with van der Waals surface area (Å²) >= 11 is 0. The highest BCUT2D eigenvalue weighted by Gasteiger charge is 2.41. The van der Waals surface area contributed by atoms with E-state index in [1.165, 1.54) is 57.7 Å². The number of alkyl carbamates (subject to hydrolysis) is 1. The summed E-state index contributed by atoms with van der Waals surface area (Å²) in [5.41, 5.74) is -1.76. The number of hydrogen-bond acceptors (Lipinski definition) is 11. The molecule has 0 aliphatic heterocycles. The largest absolute Gasteiger partial charge is 0.497 e. The first-order valence-electron chi connectivity index (χ1n) is 16.6. The Morgan fingerprint density at radius 1 is 0.807 bits per heavy atom. The summed E-state index contributed by atoms with van der Waals surface area (Å²) in [6, 6.07) is 5.29. The van der Waals surface area contributed by atoms with Crippen molar-refractivity contribution in [2.24, 2.45) is 0 Å². The van der Waals surface area contributed by atoms with E-state index in [2.05, 4.69) is 10.6 Å². The lowest BCUT2D eigenvalue weighted by atomic mass is 10.0. The number of carbonyl (C=O) groups is 5. The molecule has 0 unspecified atom stereocenters. The van der Waals surface area contributed by atoms with Crippen LogP contribution < -0.4 is 35.5 Å². The van der Waals surface area contributed by atoms with Crippen molar-refractivity contribution in [3.63, 3.8) is 0 Å². The Kier molecular flexibility index (Phi) is 14.7. The lowest BCUT2D eigenvalue weighted by Crippen LogP contribution is -2.55. The summed E-state index contributed by atoms with van der Waals surface area (Å²) in [4.78, 5) is 73.1. The number of carboxylic acids is 1. The number of halogens is 4. The lowest BCUT2D eigenvalue weighted by Gasteiger charge is -2.24. The smallest absolute Gasteiger partial charge is 0.471 e. The standard InChI is InChI=1S/C36H39F4N5O12/c1-35(2,3)57-34(51)44-29(31(47)41-4)20-15-21(54-5)17-22(16-20)56-28-14-19(8-10-27(28)55-6)11-24(43-33(50)36(38,39)40)30(46)42-25(32(48)49)12-18-7-9-23(37)26(13-18)45(52)53/h7-10,13-17,24-25,29H,11-12H2,1-6H3,(H,41,47)(H,42,46)(H,43,50)(H,44,51)(H,48,49)/t24-,25-,29+/m1/s1. The molecule has 308 valence electrons. The molecule has 0 fully saturated rings. The van der Waals surface area contributed by atoms with Crippen molar-refractivity contribution < 1.29 is 70.5 Å². The Balaban J connectivity index is 1.99. The third-order valence-electron chi connectivity index (χ3n) is 7.68. The molecule has 3 aromatic rings. The van der Waals surface area contributed by atoms with Crippen molar-refractivity contribution in [2.75, 3.05) is 21.3 Å². The predicted octanol–water partition coefficient (Wildman–Crippen LogP) is 4.26. The van der Waals surface area contributed by atoms with E-state index in [0.29, 0.717) is 6.07 Å². The van der Waals surface area contributed by atoms with Gasteiger partial charge in [-0.15, -0.1) is 0 Å². The van der Waals surface area contributed by atoms with E-state index < -0.39 is 89.0 Å². The minimum absolute atomic E-state index is 0.00434. The zero-order valence-electron chi connectivity index (χ0n) is 31.2. The van der Waals surface area contributed by atoms with Crippen LogP contribution in [-0.2, 0) is 36.8 Å². The van der Waals surface area contributed by atoms with Crippen LogP contribution in [0.3, 0.4) is 0 Å². The second-order valence-electron chi connectivity index (χ2n) is 13.1. The highest BCUT2D eigenvalue weighted by Crippen LogP contribution is 2.36. The van der Waals surface area contributed by atoms with E-state index in [4.69, 9.17) is 18.9 Å². The number of carbonyl (C=O) groups excluding carboxylic acids is 4. The quantitative estimate of drug-likeness (QED) is 0.0776. The van der Waals surface area contributed by atoms with Crippen LogP contribution in [0.2, 0.25) is 0 Å². The molecule has 3 rings (SSSR count). The number of nitrogens with zero attached hydrogens (tertiary/aromatic N) is 1. The number of nitrogens with one attached hydrogen (secondary N) is 4. The van der Waals surface area contributed by atoms with Crippen LogP contribution in [0.5, 0.6) is 23.0 Å². The number of benzene rings is 3. The van der Waals surface area contributed by atoms with Gasteiger partial charge in [-0.25, -0.2) is 9.59 Å². The first-order valence-corrected chi connectivity index (χ1v) is 16.6. The predicted molar refractivity (Wildman–Crippen MR) is 190 cm³/mol. The molecule has 0 aliphatic carbocycles. The topological polar surface area (TPSA) is 234 Å². The van der Waals surface area contributed by atoms with Gasteiger partial charge in [0.05, 0.1) is 19.1 Å². The summed E-state index contributed by atoms with van der Waals surface area (Å²) in [7, 11) is 3.93. The van der Waals surface area contributed by atoms with Crippen molar-refractivity contribution in [3.05, 3.63) is 87.2 Å². The van der Waals surface area contributed by atoms with E-state index >= 15 is 0 Å². The third-order valence-corrected chi connectivity index (χ3v) is 7.68. The van der Waals surface area contributed by atoms with Gasteiger partial charge in [-0.05, 0) is 67.8 Å². The number of amides is 4. The maximum absolute atomic E-state index is 13.9. The Bertz CT molecular complexity index is 2000. The molecule has 0 aliphatic rings. The molecule has 57 heavy (non-hydrogen) atoms. The minimum Gasteiger partial charge on any atom is -0.497 e. The average molecular weight is 810 g/mol. The van der Waals surface area contributed by atoms with E-state index in [0.717, 1.165) is 12.1 Å². The highest BCUT2D eigenvalue weighted by atomic mass is 19.4. The molecular weight excluding hydrogens is 770 g/mol. The van der Waals surface area contributed by atoms with Crippen molar-refractivity contribution in [2.45, 2.75) is 63.5 Å². The monoisotopic (exact) mass is 809 g/mol. The Morgan fingerprint density at radius 2 is 1.42 bits per heavy atom. The van der Waals surface area contributed by atoms with Crippen LogP contribution in [0.4, 0.5) is 28.0 Å². The van der Waals surface area contributed by atoms with E-state index in [9.17, 15) is 56.8 Å². The number of alkyl halides is 3. The van der Waals surface area contributed by atoms with Crippen LogP contribution >= 0.6 is 0 Å². The molecule has 3 aromatic carbocycles. The van der Waals surface area contributed by atoms with E-state index in [1.807, 2.05) is 5.32 Å². The number of carboxylic acid groups (broad SMARTS) is 1. The molecule has 3 atom stereocenters. The first-order chi connectivity index (χ1) is 26.5. The zero-order valence-corrected chi connectivity index (χ0v) is 31.2. The Labute approximate surface area is 322 Å². The maximum atomic E-state index is 13.9. The van der Waals surface area contributed by atoms with Gasteiger partial charge in [0.25, 0.3) is 0 Å². The van der Waals surface area contributed by atoms with Gasteiger partial charge in [0.2, 0.25) is 17.6 Å². The summed E-state index contributed by atoms with van der Waals surface area (Å²) in [5.74, 6) is -7.33. The molecule has 21 heteroatoms. The van der Waals surface area contributed by atoms with Gasteiger partial charge < -0.3 is 45.3 Å². The molecule has 0 radical (unpaired) electrons. The SMILES string of the molecule is CNC(=O)[C@@H](NC(=O)OC(C)(C)C)c1cc(OC)cc(Oc2cc(C[C@@H](NC(=O)C(F)(F)F)C(=O)N[C@H](Cc3ccc(F)c([N+](=O)[O-])c3)C(=O)O)ccc2OC)c1. The number of methoxy groups -OCH3 is 2.